The maximum Gasteiger partial charge on any atom is 0.190 e. The Morgan fingerprint density at radius 3 is 2.29 bits per heavy atom. The number of hydrogen-bond donors (Lipinski definition) is 2. The minimum atomic E-state index is -0.242. The fourth-order valence-corrected chi connectivity index (χ4v) is 2.45. The average Bonchev–Trinajstić information content (AvgIpc) is 2.57. The summed E-state index contributed by atoms with van der Waals surface area (Å²) in [6.45, 7) is 2.44. The lowest BCUT2D eigenvalue weighted by Crippen LogP contribution is -2.38. The standard InChI is InChI=1S/C17H28FN3OS.HI/c1-19-17(21-12-4-6-14-23-2)20-11-3-5-13-22-16-9-7-15(18)8-10-16;/h7-10H,3-6,11-14H2,1-2H3,(H2,19,20,21);1H. The molecule has 0 radical (unpaired) electrons. The van der Waals surface area contributed by atoms with Crippen LogP contribution < -0.4 is 15.4 Å². The molecule has 0 heterocycles. The predicted molar refractivity (Wildman–Crippen MR) is 114 cm³/mol. The van der Waals surface area contributed by atoms with Crippen LogP contribution in [-0.2, 0) is 0 Å². The van der Waals surface area contributed by atoms with Gasteiger partial charge in [-0.3, -0.25) is 4.99 Å². The molecule has 0 amide bonds. The second kappa shape index (κ2) is 15.8. The summed E-state index contributed by atoms with van der Waals surface area (Å²) < 4.78 is 18.3. The lowest BCUT2D eigenvalue weighted by atomic mass is 10.3. The van der Waals surface area contributed by atoms with Gasteiger partial charge in [0.1, 0.15) is 11.6 Å². The number of halogens is 2. The normalized spacial score (nSPS) is 10.9. The van der Waals surface area contributed by atoms with E-state index in [4.69, 9.17) is 4.74 Å². The molecule has 0 fully saturated rings. The zero-order valence-electron chi connectivity index (χ0n) is 14.5. The minimum Gasteiger partial charge on any atom is -0.494 e. The maximum atomic E-state index is 12.8. The summed E-state index contributed by atoms with van der Waals surface area (Å²) in [5, 5.41) is 6.61. The third kappa shape index (κ3) is 11.8. The monoisotopic (exact) mass is 469 g/mol. The summed E-state index contributed by atoms with van der Waals surface area (Å²) in [5.74, 6) is 2.53. The number of unbranched alkanes of at least 4 members (excludes halogenated alkanes) is 2. The van der Waals surface area contributed by atoms with Crippen LogP contribution in [0.2, 0.25) is 0 Å². The summed E-state index contributed by atoms with van der Waals surface area (Å²) in [6, 6.07) is 6.12. The van der Waals surface area contributed by atoms with Crippen LogP contribution in [0, 0.1) is 5.82 Å². The number of thioether (sulfide) groups is 1. The largest absolute Gasteiger partial charge is 0.494 e. The molecule has 0 spiro atoms. The van der Waals surface area contributed by atoms with Crippen molar-refractivity contribution in [3.63, 3.8) is 0 Å². The number of nitrogens with one attached hydrogen (secondary N) is 2. The summed E-state index contributed by atoms with van der Waals surface area (Å²) >= 11 is 1.88. The van der Waals surface area contributed by atoms with Gasteiger partial charge in [0.2, 0.25) is 0 Å². The van der Waals surface area contributed by atoms with Crippen molar-refractivity contribution in [2.24, 2.45) is 4.99 Å². The Bertz CT molecular complexity index is 446. The molecule has 2 N–H and O–H groups in total. The van der Waals surface area contributed by atoms with Crippen LogP contribution in [0.15, 0.2) is 29.3 Å². The van der Waals surface area contributed by atoms with E-state index in [-0.39, 0.29) is 29.8 Å². The van der Waals surface area contributed by atoms with Gasteiger partial charge in [0, 0.05) is 20.1 Å². The van der Waals surface area contributed by atoms with Gasteiger partial charge in [0.15, 0.2) is 5.96 Å². The molecular formula is C17H29FIN3OS. The third-order valence-corrected chi connectivity index (χ3v) is 3.93. The third-order valence-electron chi connectivity index (χ3n) is 3.24. The van der Waals surface area contributed by atoms with E-state index in [0.29, 0.717) is 12.4 Å². The maximum absolute atomic E-state index is 12.8. The number of hydrogen-bond acceptors (Lipinski definition) is 3. The Morgan fingerprint density at radius 2 is 1.71 bits per heavy atom. The SMILES string of the molecule is CN=C(NCCCCOc1ccc(F)cc1)NCCCCSC.I. The van der Waals surface area contributed by atoms with E-state index < -0.39 is 0 Å². The highest BCUT2D eigenvalue weighted by Crippen LogP contribution is 2.11. The number of rotatable bonds is 11. The van der Waals surface area contributed by atoms with Crippen molar-refractivity contribution >= 4 is 41.7 Å². The highest BCUT2D eigenvalue weighted by Gasteiger charge is 1.98. The van der Waals surface area contributed by atoms with E-state index in [1.54, 1.807) is 19.2 Å². The Hall–Kier alpha value is -0.700. The van der Waals surface area contributed by atoms with Crippen molar-refractivity contribution < 1.29 is 9.13 Å². The first-order chi connectivity index (χ1) is 11.3. The van der Waals surface area contributed by atoms with E-state index in [0.717, 1.165) is 38.3 Å². The van der Waals surface area contributed by atoms with Gasteiger partial charge < -0.3 is 15.4 Å². The molecule has 0 aliphatic rings. The van der Waals surface area contributed by atoms with E-state index in [1.165, 1.54) is 24.3 Å². The van der Waals surface area contributed by atoms with Gasteiger partial charge in [0.05, 0.1) is 6.61 Å². The van der Waals surface area contributed by atoms with Crippen LogP contribution >= 0.6 is 35.7 Å². The zero-order valence-corrected chi connectivity index (χ0v) is 17.7. The van der Waals surface area contributed by atoms with E-state index in [1.807, 2.05) is 11.8 Å². The van der Waals surface area contributed by atoms with Crippen molar-refractivity contribution in [3.05, 3.63) is 30.1 Å². The molecule has 0 aliphatic heterocycles. The fourth-order valence-electron chi connectivity index (χ4n) is 1.95. The molecule has 1 rings (SSSR count). The first kappa shape index (κ1) is 23.3. The average molecular weight is 469 g/mol. The number of ether oxygens (including phenoxy) is 1. The highest BCUT2D eigenvalue weighted by atomic mass is 127. The van der Waals surface area contributed by atoms with E-state index in [2.05, 4.69) is 21.9 Å². The Balaban J connectivity index is 0.00000529. The predicted octanol–water partition coefficient (Wildman–Crippen LogP) is 3.91. The van der Waals surface area contributed by atoms with Crippen molar-refractivity contribution in [3.8, 4) is 5.75 Å². The highest BCUT2D eigenvalue weighted by molar-refractivity contribution is 14.0. The van der Waals surface area contributed by atoms with Gasteiger partial charge in [-0.05, 0) is 62.0 Å². The van der Waals surface area contributed by atoms with Crippen LogP contribution in [0.25, 0.3) is 0 Å². The summed E-state index contributed by atoms with van der Waals surface area (Å²) in [7, 11) is 1.79. The minimum absolute atomic E-state index is 0. The number of benzene rings is 1. The smallest absolute Gasteiger partial charge is 0.190 e. The van der Waals surface area contributed by atoms with E-state index >= 15 is 0 Å². The molecule has 0 atom stereocenters. The second-order valence-electron chi connectivity index (χ2n) is 5.14. The first-order valence-electron chi connectivity index (χ1n) is 8.08. The molecule has 0 unspecified atom stereocenters. The van der Waals surface area contributed by atoms with Crippen molar-refractivity contribution in [1.82, 2.24) is 10.6 Å². The summed E-state index contributed by atoms with van der Waals surface area (Å²) in [5.41, 5.74) is 0. The summed E-state index contributed by atoms with van der Waals surface area (Å²) in [6.07, 6.45) is 6.45. The molecule has 138 valence electrons. The fraction of sp³-hybridized carbons (Fsp3) is 0.588. The molecule has 0 aliphatic carbocycles. The van der Waals surface area contributed by atoms with Gasteiger partial charge in [-0.1, -0.05) is 0 Å². The molecular weight excluding hydrogens is 440 g/mol. The lowest BCUT2D eigenvalue weighted by Gasteiger charge is -2.12. The molecule has 7 heteroatoms. The van der Waals surface area contributed by atoms with Gasteiger partial charge in [-0.2, -0.15) is 11.8 Å². The molecule has 0 bridgehead atoms. The molecule has 0 aromatic heterocycles. The summed E-state index contributed by atoms with van der Waals surface area (Å²) in [4.78, 5) is 4.20. The lowest BCUT2D eigenvalue weighted by molar-refractivity contribution is 0.306. The van der Waals surface area contributed by atoms with Gasteiger partial charge in [-0.25, -0.2) is 4.39 Å². The Kier molecular flexibility index (Phi) is 15.3. The van der Waals surface area contributed by atoms with Crippen LogP contribution in [0.4, 0.5) is 4.39 Å². The second-order valence-corrected chi connectivity index (χ2v) is 6.12. The molecule has 4 nitrogen and oxygen atoms in total. The number of aliphatic imine (C=N–C) groups is 1. The Labute approximate surface area is 166 Å². The van der Waals surface area contributed by atoms with Gasteiger partial charge in [-0.15, -0.1) is 24.0 Å². The Morgan fingerprint density at radius 1 is 1.08 bits per heavy atom. The molecule has 0 saturated heterocycles. The molecule has 1 aromatic rings. The van der Waals surface area contributed by atoms with E-state index in [9.17, 15) is 4.39 Å². The number of nitrogens with zero attached hydrogens (tertiary/aromatic N) is 1. The van der Waals surface area contributed by atoms with Crippen molar-refractivity contribution in [1.29, 1.82) is 0 Å². The van der Waals surface area contributed by atoms with Crippen molar-refractivity contribution in [2.75, 3.05) is 38.8 Å². The van der Waals surface area contributed by atoms with Crippen LogP contribution in [0.5, 0.6) is 5.75 Å². The van der Waals surface area contributed by atoms with Crippen LogP contribution in [0.3, 0.4) is 0 Å². The first-order valence-corrected chi connectivity index (χ1v) is 9.47. The van der Waals surface area contributed by atoms with Crippen LogP contribution in [-0.4, -0.2) is 44.7 Å². The molecule has 24 heavy (non-hydrogen) atoms. The topological polar surface area (TPSA) is 45.7 Å². The number of guanidine groups is 1. The molecule has 0 saturated carbocycles. The van der Waals surface area contributed by atoms with Crippen LogP contribution in [0.1, 0.15) is 25.7 Å². The quantitative estimate of drug-likeness (QED) is 0.223. The molecule has 1 aromatic carbocycles. The zero-order chi connectivity index (χ0) is 16.8. The van der Waals surface area contributed by atoms with Gasteiger partial charge in [0.25, 0.3) is 0 Å². The van der Waals surface area contributed by atoms with Crippen molar-refractivity contribution in [2.45, 2.75) is 25.7 Å². The van der Waals surface area contributed by atoms with Gasteiger partial charge >= 0.3 is 0 Å².